The summed E-state index contributed by atoms with van der Waals surface area (Å²) < 4.78 is 23.6. The molecule has 2 aliphatic rings. The van der Waals surface area contributed by atoms with Crippen LogP contribution < -0.4 is 18.9 Å². The van der Waals surface area contributed by atoms with Gasteiger partial charge >= 0.3 is 0 Å². The number of hydrogen-bond acceptors (Lipinski definition) is 4. The van der Waals surface area contributed by atoms with Crippen LogP contribution in [0, 0.1) is 0 Å². The lowest BCUT2D eigenvalue weighted by Gasteiger charge is -2.19. The first kappa shape index (κ1) is 18.5. The first-order valence-corrected chi connectivity index (χ1v) is 9.76. The third kappa shape index (κ3) is 4.33. The van der Waals surface area contributed by atoms with Crippen LogP contribution in [0.4, 0.5) is 0 Å². The SMILES string of the molecule is COc1cccc(OCC=C2CC2)c1-c1c(OC)cccc1OCC=C1CC1. The quantitative estimate of drug-likeness (QED) is 0.535. The predicted octanol–water partition coefficient (Wildman–Crippen LogP) is 5.57. The molecule has 0 spiro atoms. The van der Waals surface area contributed by atoms with Gasteiger partial charge in [0.05, 0.1) is 25.3 Å². The van der Waals surface area contributed by atoms with Crippen molar-refractivity contribution in [2.45, 2.75) is 25.7 Å². The number of allylic oxidation sites excluding steroid dienone is 2. The molecular formula is C24H26O4. The molecule has 0 radical (unpaired) electrons. The Morgan fingerprint density at radius 3 is 1.39 bits per heavy atom. The average molecular weight is 378 g/mol. The summed E-state index contributed by atoms with van der Waals surface area (Å²) in [7, 11) is 3.34. The highest BCUT2D eigenvalue weighted by Crippen LogP contribution is 2.47. The molecule has 2 aromatic rings. The summed E-state index contributed by atoms with van der Waals surface area (Å²) >= 11 is 0. The Morgan fingerprint density at radius 1 is 0.643 bits per heavy atom. The third-order valence-corrected chi connectivity index (χ3v) is 4.96. The normalized spacial score (nSPS) is 14.4. The Balaban J connectivity index is 1.72. The van der Waals surface area contributed by atoms with Crippen LogP contribution in [0.25, 0.3) is 11.1 Å². The van der Waals surface area contributed by atoms with E-state index in [1.54, 1.807) is 14.2 Å². The highest BCUT2D eigenvalue weighted by atomic mass is 16.5. The zero-order chi connectivity index (χ0) is 19.3. The van der Waals surface area contributed by atoms with Crippen molar-refractivity contribution in [3.8, 4) is 34.1 Å². The summed E-state index contributed by atoms with van der Waals surface area (Å²) in [6.45, 7) is 1.10. The molecule has 0 aliphatic heterocycles. The van der Waals surface area contributed by atoms with Gasteiger partial charge in [-0.05, 0) is 62.1 Å². The molecule has 0 atom stereocenters. The van der Waals surface area contributed by atoms with E-state index in [4.69, 9.17) is 18.9 Å². The predicted molar refractivity (Wildman–Crippen MR) is 111 cm³/mol. The zero-order valence-corrected chi connectivity index (χ0v) is 16.5. The molecule has 146 valence electrons. The Kier molecular flexibility index (Phi) is 5.56. The second-order valence-electron chi connectivity index (χ2n) is 7.01. The summed E-state index contributed by atoms with van der Waals surface area (Å²) in [5.41, 5.74) is 4.62. The van der Waals surface area contributed by atoms with Gasteiger partial charge in [0, 0.05) is 0 Å². The zero-order valence-electron chi connectivity index (χ0n) is 16.5. The maximum atomic E-state index is 6.11. The van der Waals surface area contributed by atoms with E-state index in [-0.39, 0.29) is 0 Å². The highest BCUT2D eigenvalue weighted by molar-refractivity contribution is 5.85. The summed E-state index contributed by atoms with van der Waals surface area (Å²) in [4.78, 5) is 0. The topological polar surface area (TPSA) is 36.9 Å². The Hall–Kier alpha value is -2.88. The summed E-state index contributed by atoms with van der Waals surface area (Å²) in [5.74, 6) is 2.97. The van der Waals surface area contributed by atoms with Gasteiger partial charge in [0.1, 0.15) is 36.2 Å². The van der Waals surface area contributed by atoms with Gasteiger partial charge in [-0.15, -0.1) is 0 Å². The van der Waals surface area contributed by atoms with Gasteiger partial charge in [-0.25, -0.2) is 0 Å². The van der Waals surface area contributed by atoms with Crippen molar-refractivity contribution in [2.75, 3.05) is 27.4 Å². The van der Waals surface area contributed by atoms with Crippen molar-refractivity contribution < 1.29 is 18.9 Å². The standard InChI is InChI=1S/C24H26O4/c1-25-19-5-3-7-21(27-15-13-17-9-10-17)23(19)24-20(26-2)6-4-8-22(24)28-16-14-18-11-12-18/h3-8,13-14H,9-12,15-16H2,1-2H3. The molecule has 28 heavy (non-hydrogen) atoms. The van der Waals surface area contributed by atoms with Crippen molar-refractivity contribution in [2.24, 2.45) is 0 Å². The summed E-state index contributed by atoms with van der Waals surface area (Å²) in [5, 5.41) is 0. The lowest BCUT2D eigenvalue weighted by atomic mass is 10.0. The van der Waals surface area contributed by atoms with Gasteiger partial charge in [0.15, 0.2) is 0 Å². The smallest absolute Gasteiger partial charge is 0.131 e. The monoisotopic (exact) mass is 378 g/mol. The van der Waals surface area contributed by atoms with Crippen molar-refractivity contribution in [1.82, 2.24) is 0 Å². The van der Waals surface area contributed by atoms with E-state index >= 15 is 0 Å². The molecule has 0 aromatic heterocycles. The van der Waals surface area contributed by atoms with Crippen LogP contribution in [0.3, 0.4) is 0 Å². The van der Waals surface area contributed by atoms with Gasteiger partial charge in [-0.1, -0.05) is 23.3 Å². The van der Waals surface area contributed by atoms with Gasteiger partial charge in [0.25, 0.3) is 0 Å². The number of rotatable bonds is 9. The number of hydrogen-bond donors (Lipinski definition) is 0. The van der Waals surface area contributed by atoms with Gasteiger partial charge in [-0.2, -0.15) is 0 Å². The van der Waals surface area contributed by atoms with Crippen LogP contribution in [0.2, 0.25) is 0 Å². The Labute approximate surface area is 166 Å². The van der Waals surface area contributed by atoms with Crippen molar-refractivity contribution >= 4 is 0 Å². The van der Waals surface area contributed by atoms with Crippen LogP contribution in [0.5, 0.6) is 23.0 Å². The van der Waals surface area contributed by atoms with Crippen LogP contribution >= 0.6 is 0 Å². The molecule has 0 bridgehead atoms. The average Bonchev–Trinajstić information content (AvgIpc) is 3.63. The molecule has 0 saturated heterocycles. The van der Waals surface area contributed by atoms with Gasteiger partial charge < -0.3 is 18.9 Å². The Bertz CT molecular complexity index is 823. The minimum absolute atomic E-state index is 0.549. The van der Waals surface area contributed by atoms with Gasteiger partial charge in [0.2, 0.25) is 0 Å². The van der Waals surface area contributed by atoms with Crippen LogP contribution in [-0.2, 0) is 0 Å². The molecule has 0 heterocycles. The third-order valence-electron chi connectivity index (χ3n) is 4.96. The summed E-state index contributed by atoms with van der Waals surface area (Å²) in [6.07, 6.45) is 9.07. The molecule has 2 aromatic carbocycles. The fraction of sp³-hybridized carbons (Fsp3) is 0.333. The maximum Gasteiger partial charge on any atom is 0.131 e. The Morgan fingerprint density at radius 2 is 1.04 bits per heavy atom. The van der Waals surface area contributed by atoms with E-state index in [9.17, 15) is 0 Å². The largest absolute Gasteiger partial charge is 0.496 e. The molecule has 0 unspecified atom stereocenters. The molecule has 4 rings (SSSR count). The first-order valence-electron chi connectivity index (χ1n) is 9.76. The van der Waals surface area contributed by atoms with Crippen molar-refractivity contribution in [3.05, 3.63) is 59.7 Å². The number of benzene rings is 2. The fourth-order valence-corrected chi connectivity index (χ4v) is 3.15. The molecule has 2 saturated carbocycles. The van der Waals surface area contributed by atoms with Crippen molar-refractivity contribution in [1.29, 1.82) is 0 Å². The van der Waals surface area contributed by atoms with E-state index in [2.05, 4.69) is 12.2 Å². The molecule has 2 fully saturated rings. The molecule has 4 nitrogen and oxygen atoms in total. The number of methoxy groups -OCH3 is 2. The maximum absolute atomic E-state index is 6.11. The second-order valence-corrected chi connectivity index (χ2v) is 7.01. The van der Waals surface area contributed by atoms with E-state index < -0.39 is 0 Å². The lowest BCUT2D eigenvalue weighted by Crippen LogP contribution is -2.02. The van der Waals surface area contributed by atoms with Crippen molar-refractivity contribution in [3.63, 3.8) is 0 Å². The molecule has 0 N–H and O–H groups in total. The molecule has 0 amide bonds. The van der Waals surface area contributed by atoms with Crippen LogP contribution in [0.1, 0.15) is 25.7 Å². The second kappa shape index (κ2) is 8.42. The minimum atomic E-state index is 0.549. The first-order chi connectivity index (χ1) is 13.8. The lowest BCUT2D eigenvalue weighted by molar-refractivity contribution is 0.350. The van der Waals surface area contributed by atoms with Crippen LogP contribution in [0.15, 0.2) is 59.7 Å². The molecule has 4 heteroatoms. The fourth-order valence-electron chi connectivity index (χ4n) is 3.15. The minimum Gasteiger partial charge on any atom is -0.496 e. The summed E-state index contributed by atoms with van der Waals surface area (Å²) in [6, 6.07) is 11.7. The number of ether oxygens (including phenoxy) is 4. The molecular weight excluding hydrogens is 352 g/mol. The van der Waals surface area contributed by atoms with E-state index in [0.29, 0.717) is 13.2 Å². The van der Waals surface area contributed by atoms with E-state index in [1.165, 1.54) is 36.8 Å². The van der Waals surface area contributed by atoms with Crippen LogP contribution in [-0.4, -0.2) is 27.4 Å². The van der Waals surface area contributed by atoms with Gasteiger partial charge in [-0.3, -0.25) is 0 Å². The van der Waals surface area contributed by atoms with E-state index in [1.807, 2.05) is 36.4 Å². The molecule has 2 aliphatic carbocycles. The van der Waals surface area contributed by atoms with E-state index in [0.717, 1.165) is 34.1 Å². The highest BCUT2D eigenvalue weighted by Gasteiger charge is 2.22.